The number of aryl methyl sites for hydroxylation is 1. The number of hydrogen-bond donors (Lipinski definition) is 1. The van der Waals surface area contributed by atoms with Crippen molar-refractivity contribution < 1.29 is 4.79 Å². The van der Waals surface area contributed by atoms with E-state index in [9.17, 15) is 4.79 Å². The SMILES string of the molecule is CNCC1CCN(C(=O)c2ccc(-n3cc(C)cn3)cc2)CC1.Cl. The Morgan fingerprint density at radius 1 is 1.25 bits per heavy atom. The van der Waals surface area contributed by atoms with Crippen molar-refractivity contribution >= 4 is 18.3 Å². The van der Waals surface area contributed by atoms with Crippen molar-refractivity contribution in [3.05, 3.63) is 47.8 Å². The van der Waals surface area contributed by atoms with Crippen LogP contribution in [0.5, 0.6) is 0 Å². The minimum Gasteiger partial charge on any atom is -0.339 e. The van der Waals surface area contributed by atoms with Gasteiger partial charge < -0.3 is 10.2 Å². The van der Waals surface area contributed by atoms with Gasteiger partial charge in [0.1, 0.15) is 0 Å². The lowest BCUT2D eigenvalue weighted by Gasteiger charge is -2.32. The molecule has 1 N–H and O–H groups in total. The third-order valence-electron chi connectivity index (χ3n) is 4.49. The van der Waals surface area contributed by atoms with Gasteiger partial charge in [-0.15, -0.1) is 12.4 Å². The standard InChI is InChI=1S/C18H24N4O.ClH/c1-14-11-20-22(13-14)17-5-3-16(4-6-17)18(23)21-9-7-15(8-10-21)12-19-2;/h3-6,11,13,15,19H,7-10,12H2,1-2H3;1H. The predicted molar refractivity (Wildman–Crippen MR) is 98.1 cm³/mol. The topological polar surface area (TPSA) is 50.2 Å². The van der Waals surface area contributed by atoms with E-state index >= 15 is 0 Å². The summed E-state index contributed by atoms with van der Waals surface area (Å²) in [6.07, 6.45) is 5.96. The first-order valence-corrected chi connectivity index (χ1v) is 8.23. The zero-order valence-electron chi connectivity index (χ0n) is 14.2. The molecule has 2 aromatic rings. The minimum atomic E-state index is 0. The second kappa shape index (κ2) is 8.31. The van der Waals surface area contributed by atoms with Crippen molar-refractivity contribution in [3.8, 4) is 5.69 Å². The molecule has 6 heteroatoms. The van der Waals surface area contributed by atoms with Crippen LogP contribution in [0.1, 0.15) is 28.8 Å². The van der Waals surface area contributed by atoms with Crippen molar-refractivity contribution in [3.63, 3.8) is 0 Å². The molecule has 3 rings (SSSR count). The third-order valence-corrected chi connectivity index (χ3v) is 4.49. The second-order valence-electron chi connectivity index (χ2n) is 6.30. The van der Waals surface area contributed by atoms with Gasteiger partial charge >= 0.3 is 0 Å². The van der Waals surface area contributed by atoms with Gasteiger partial charge in [0.2, 0.25) is 0 Å². The Morgan fingerprint density at radius 3 is 2.46 bits per heavy atom. The fourth-order valence-electron chi connectivity index (χ4n) is 3.12. The number of carbonyl (C=O) groups is 1. The summed E-state index contributed by atoms with van der Waals surface area (Å²) in [5.74, 6) is 0.825. The van der Waals surface area contributed by atoms with Crippen LogP contribution in [0.2, 0.25) is 0 Å². The predicted octanol–water partition coefficient (Wildman–Crippen LogP) is 2.67. The van der Waals surface area contributed by atoms with E-state index in [-0.39, 0.29) is 18.3 Å². The normalized spacial score (nSPS) is 15.2. The van der Waals surface area contributed by atoms with Crippen molar-refractivity contribution in [1.29, 1.82) is 0 Å². The summed E-state index contributed by atoms with van der Waals surface area (Å²) >= 11 is 0. The van der Waals surface area contributed by atoms with E-state index in [2.05, 4.69) is 10.4 Å². The van der Waals surface area contributed by atoms with Crippen LogP contribution in [0.15, 0.2) is 36.7 Å². The number of rotatable bonds is 4. The summed E-state index contributed by atoms with van der Waals surface area (Å²) in [6.45, 7) is 4.76. The molecule has 2 heterocycles. The van der Waals surface area contributed by atoms with E-state index < -0.39 is 0 Å². The summed E-state index contributed by atoms with van der Waals surface area (Å²) in [5.41, 5.74) is 2.85. The highest BCUT2D eigenvalue weighted by atomic mass is 35.5. The first-order valence-electron chi connectivity index (χ1n) is 8.23. The highest BCUT2D eigenvalue weighted by Gasteiger charge is 2.23. The molecule has 130 valence electrons. The quantitative estimate of drug-likeness (QED) is 0.924. The molecule has 1 aliphatic rings. The number of piperidine rings is 1. The zero-order valence-corrected chi connectivity index (χ0v) is 15.1. The highest BCUT2D eigenvalue weighted by molar-refractivity contribution is 5.94. The third kappa shape index (κ3) is 4.16. The van der Waals surface area contributed by atoms with E-state index in [1.807, 2.05) is 60.2 Å². The summed E-state index contributed by atoms with van der Waals surface area (Å²) in [4.78, 5) is 14.6. The molecule has 0 unspecified atom stereocenters. The van der Waals surface area contributed by atoms with Crippen LogP contribution in [0.3, 0.4) is 0 Å². The van der Waals surface area contributed by atoms with Crippen LogP contribution in [0.25, 0.3) is 5.69 Å². The average molecular weight is 349 g/mol. The smallest absolute Gasteiger partial charge is 0.253 e. The first-order chi connectivity index (χ1) is 11.2. The highest BCUT2D eigenvalue weighted by Crippen LogP contribution is 2.19. The van der Waals surface area contributed by atoms with E-state index in [0.29, 0.717) is 5.92 Å². The molecule has 0 atom stereocenters. The fraction of sp³-hybridized carbons (Fsp3) is 0.444. The Balaban J connectivity index is 0.00000208. The van der Waals surface area contributed by atoms with Crippen molar-refractivity contribution in [2.45, 2.75) is 19.8 Å². The monoisotopic (exact) mass is 348 g/mol. The van der Waals surface area contributed by atoms with Crippen LogP contribution in [-0.2, 0) is 0 Å². The van der Waals surface area contributed by atoms with Crippen LogP contribution in [-0.4, -0.2) is 47.3 Å². The molecule has 1 aromatic carbocycles. The van der Waals surface area contributed by atoms with Gasteiger partial charge in [-0.3, -0.25) is 4.79 Å². The molecule has 1 saturated heterocycles. The molecule has 0 saturated carbocycles. The van der Waals surface area contributed by atoms with Crippen LogP contribution >= 0.6 is 12.4 Å². The van der Waals surface area contributed by atoms with E-state index in [1.165, 1.54) is 0 Å². The summed E-state index contributed by atoms with van der Waals surface area (Å²) in [5, 5.41) is 7.52. The maximum Gasteiger partial charge on any atom is 0.253 e. The first kappa shape index (κ1) is 18.5. The van der Waals surface area contributed by atoms with E-state index in [1.54, 1.807) is 0 Å². The Morgan fingerprint density at radius 2 is 1.92 bits per heavy atom. The van der Waals surface area contributed by atoms with Gasteiger partial charge in [-0.25, -0.2) is 4.68 Å². The number of carbonyl (C=O) groups excluding carboxylic acids is 1. The van der Waals surface area contributed by atoms with Crippen molar-refractivity contribution in [2.24, 2.45) is 5.92 Å². The van der Waals surface area contributed by atoms with Crippen LogP contribution < -0.4 is 5.32 Å². The lowest BCUT2D eigenvalue weighted by atomic mass is 9.96. The Hall–Kier alpha value is -1.85. The van der Waals surface area contributed by atoms with Gasteiger partial charge in [0.15, 0.2) is 0 Å². The largest absolute Gasteiger partial charge is 0.339 e. The van der Waals surface area contributed by atoms with Gasteiger partial charge in [0.05, 0.1) is 11.9 Å². The number of benzene rings is 1. The number of halogens is 1. The Labute approximate surface area is 149 Å². The number of hydrogen-bond acceptors (Lipinski definition) is 3. The molecule has 1 fully saturated rings. The zero-order chi connectivity index (χ0) is 16.2. The summed E-state index contributed by atoms with van der Waals surface area (Å²) < 4.78 is 1.83. The van der Waals surface area contributed by atoms with Crippen LogP contribution in [0, 0.1) is 12.8 Å². The number of nitrogens with one attached hydrogen (secondary N) is 1. The number of aromatic nitrogens is 2. The molecule has 0 radical (unpaired) electrons. The van der Waals surface area contributed by atoms with Crippen LogP contribution in [0.4, 0.5) is 0 Å². The lowest BCUT2D eigenvalue weighted by Crippen LogP contribution is -2.40. The van der Waals surface area contributed by atoms with Gasteiger partial charge in [-0.05, 0) is 69.1 Å². The summed E-state index contributed by atoms with van der Waals surface area (Å²) in [6, 6.07) is 7.70. The number of likely N-dealkylation sites (tertiary alicyclic amines) is 1. The van der Waals surface area contributed by atoms with E-state index in [0.717, 1.165) is 49.3 Å². The molecule has 0 aliphatic carbocycles. The summed E-state index contributed by atoms with van der Waals surface area (Å²) in [7, 11) is 1.99. The Kier molecular flexibility index (Phi) is 6.40. The maximum atomic E-state index is 12.6. The van der Waals surface area contributed by atoms with E-state index in [4.69, 9.17) is 0 Å². The average Bonchev–Trinajstić information content (AvgIpc) is 3.02. The minimum absolute atomic E-state index is 0. The molecule has 0 spiro atoms. The molecular weight excluding hydrogens is 324 g/mol. The molecule has 5 nitrogen and oxygen atoms in total. The van der Waals surface area contributed by atoms with Gasteiger partial charge in [0, 0.05) is 24.8 Å². The second-order valence-corrected chi connectivity index (χ2v) is 6.30. The molecule has 1 aliphatic heterocycles. The Bertz CT molecular complexity index is 660. The number of amides is 1. The fourth-order valence-corrected chi connectivity index (χ4v) is 3.12. The maximum absolute atomic E-state index is 12.6. The van der Waals surface area contributed by atoms with Gasteiger partial charge in [0.25, 0.3) is 5.91 Å². The molecular formula is C18H25ClN4O. The van der Waals surface area contributed by atoms with Crippen molar-refractivity contribution in [2.75, 3.05) is 26.7 Å². The molecule has 1 aromatic heterocycles. The molecule has 1 amide bonds. The lowest BCUT2D eigenvalue weighted by molar-refractivity contribution is 0.0691. The number of nitrogens with zero attached hydrogens (tertiary/aromatic N) is 3. The van der Waals surface area contributed by atoms with Gasteiger partial charge in [-0.2, -0.15) is 5.10 Å². The van der Waals surface area contributed by atoms with Crippen molar-refractivity contribution in [1.82, 2.24) is 20.0 Å². The molecule has 24 heavy (non-hydrogen) atoms. The molecule has 0 bridgehead atoms. The van der Waals surface area contributed by atoms with Gasteiger partial charge in [-0.1, -0.05) is 0 Å².